The highest BCUT2D eigenvalue weighted by atomic mass is 32.1. The minimum Gasteiger partial charge on any atom is -0.336 e. The van der Waals surface area contributed by atoms with E-state index in [0.29, 0.717) is 35.2 Å². The van der Waals surface area contributed by atoms with Crippen molar-refractivity contribution < 1.29 is 14.4 Å². The van der Waals surface area contributed by atoms with Crippen molar-refractivity contribution in [3.05, 3.63) is 88.4 Å². The van der Waals surface area contributed by atoms with Gasteiger partial charge in [-0.3, -0.25) is 9.59 Å². The zero-order valence-corrected chi connectivity index (χ0v) is 23.9. The zero-order chi connectivity index (χ0) is 28.2. The lowest BCUT2D eigenvalue weighted by molar-refractivity contribution is -0.117. The first-order chi connectivity index (χ1) is 20.0. The molecule has 2 aliphatic heterocycles. The maximum absolute atomic E-state index is 13.0. The molecule has 4 aromatic rings. The van der Waals surface area contributed by atoms with Gasteiger partial charge in [-0.2, -0.15) is 0 Å². The SMILES string of the molecule is O=C(NCc1ccccc1)Nc1ccc(-c2cnc(C3CN(C(=O)c4ccc(NC(=O)[C@@H]5CCCN5)s4)C3)s2)cc1. The number of carbonyl (C=O) groups is 3. The Labute approximate surface area is 246 Å². The summed E-state index contributed by atoms with van der Waals surface area (Å²) in [4.78, 5) is 45.7. The minimum atomic E-state index is -0.254. The van der Waals surface area contributed by atoms with Crippen molar-refractivity contribution in [2.75, 3.05) is 30.3 Å². The molecule has 4 N–H and O–H groups in total. The van der Waals surface area contributed by atoms with E-state index >= 15 is 0 Å². The van der Waals surface area contributed by atoms with Gasteiger partial charge in [0, 0.05) is 37.4 Å². The molecule has 0 unspecified atom stereocenters. The molecule has 2 fully saturated rings. The van der Waals surface area contributed by atoms with Crippen LogP contribution >= 0.6 is 22.7 Å². The number of hydrogen-bond acceptors (Lipinski definition) is 7. The maximum Gasteiger partial charge on any atom is 0.319 e. The summed E-state index contributed by atoms with van der Waals surface area (Å²) in [5.74, 6) is 0.153. The van der Waals surface area contributed by atoms with Crippen LogP contribution in [0.15, 0.2) is 72.9 Å². The van der Waals surface area contributed by atoms with Gasteiger partial charge >= 0.3 is 6.03 Å². The number of likely N-dealkylation sites (tertiary alicyclic amines) is 1. The monoisotopic (exact) mass is 586 g/mol. The number of nitrogens with one attached hydrogen (secondary N) is 4. The summed E-state index contributed by atoms with van der Waals surface area (Å²) in [6, 6.07) is 20.6. The molecule has 4 heterocycles. The van der Waals surface area contributed by atoms with Crippen LogP contribution in [0, 0.1) is 0 Å². The first-order valence-corrected chi connectivity index (χ1v) is 15.2. The molecule has 4 amide bonds. The Balaban J connectivity index is 0.977. The van der Waals surface area contributed by atoms with E-state index < -0.39 is 0 Å². The van der Waals surface area contributed by atoms with Crippen LogP contribution in [0.1, 0.15) is 39.0 Å². The highest BCUT2D eigenvalue weighted by Gasteiger charge is 2.35. The van der Waals surface area contributed by atoms with Crippen LogP contribution < -0.4 is 21.3 Å². The lowest BCUT2D eigenvalue weighted by Gasteiger charge is -2.37. The maximum atomic E-state index is 13.0. The molecule has 0 spiro atoms. The van der Waals surface area contributed by atoms with Gasteiger partial charge in [0.25, 0.3) is 5.91 Å². The average Bonchev–Trinajstić information content (AvgIpc) is 3.75. The van der Waals surface area contributed by atoms with Gasteiger partial charge in [0.2, 0.25) is 5.91 Å². The molecular weight excluding hydrogens is 557 g/mol. The second kappa shape index (κ2) is 12.2. The van der Waals surface area contributed by atoms with Crippen molar-refractivity contribution in [1.82, 2.24) is 20.5 Å². The Bertz CT molecular complexity index is 1520. The summed E-state index contributed by atoms with van der Waals surface area (Å²) in [5.41, 5.74) is 2.78. The molecule has 41 heavy (non-hydrogen) atoms. The van der Waals surface area contributed by atoms with Crippen molar-refractivity contribution in [3.8, 4) is 10.4 Å². The zero-order valence-electron chi connectivity index (χ0n) is 22.3. The van der Waals surface area contributed by atoms with E-state index in [9.17, 15) is 14.4 Å². The molecule has 9 nitrogen and oxygen atoms in total. The molecular formula is C30H30N6O3S2. The number of urea groups is 1. The number of benzene rings is 2. The van der Waals surface area contributed by atoms with Crippen LogP contribution in [0.2, 0.25) is 0 Å². The Morgan fingerprint density at radius 3 is 2.51 bits per heavy atom. The fourth-order valence-electron chi connectivity index (χ4n) is 4.87. The third kappa shape index (κ3) is 6.48. The smallest absolute Gasteiger partial charge is 0.319 e. The van der Waals surface area contributed by atoms with E-state index in [0.717, 1.165) is 40.4 Å². The molecule has 11 heteroatoms. The fourth-order valence-corrected chi connectivity index (χ4v) is 6.76. The number of thiophene rings is 1. The summed E-state index contributed by atoms with van der Waals surface area (Å²) in [5, 5.41) is 13.5. The molecule has 2 aromatic heterocycles. The van der Waals surface area contributed by atoms with Gasteiger partial charge in [0.05, 0.1) is 25.8 Å². The predicted molar refractivity (Wildman–Crippen MR) is 162 cm³/mol. The number of hydrogen-bond donors (Lipinski definition) is 4. The first kappa shape index (κ1) is 27.1. The summed E-state index contributed by atoms with van der Waals surface area (Å²) < 4.78 is 0. The van der Waals surface area contributed by atoms with E-state index in [4.69, 9.17) is 0 Å². The quantitative estimate of drug-likeness (QED) is 0.229. The number of aromatic nitrogens is 1. The van der Waals surface area contributed by atoms with E-state index in [-0.39, 0.29) is 29.8 Å². The van der Waals surface area contributed by atoms with Gasteiger partial charge in [0.1, 0.15) is 0 Å². The molecule has 0 radical (unpaired) electrons. The molecule has 210 valence electrons. The predicted octanol–water partition coefficient (Wildman–Crippen LogP) is 5.12. The van der Waals surface area contributed by atoms with Gasteiger partial charge in [-0.15, -0.1) is 22.7 Å². The molecule has 6 rings (SSSR count). The van der Waals surface area contributed by atoms with E-state index in [1.165, 1.54) is 11.3 Å². The normalized spacial score (nSPS) is 16.7. The van der Waals surface area contributed by atoms with E-state index in [2.05, 4.69) is 26.3 Å². The van der Waals surface area contributed by atoms with Crippen LogP contribution in [0.5, 0.6) is 0 Å². The second-order valence-electron chi connectivity index (χ2n) is 10.1. The largest absolute Gasteiger partial charge is 0.336 e. The van der Waals surface area contributed by atoms with Crippen LogP contribution in [0.4, 0.5) is 15.5 Å². The summed E-state index contributed by atoms with van der Waals surface area (Å²) in [6.07, 6.45) is 3.71. The Hall–Kier alpha value is -4.06. The number of nitrogens with zero attached hydrogens (tertiary/aromatic N) is 2. The lowest BCUT2D eigenvalue weighted by atomic mass is 10.0. The Morgan fingerprint density at radius 2 is 1.76 bits per heavy atom. The van der Waals surface area contributed by atoms with Gasteiger partial charge in [-0.05, 0) is 54.8 Å². The summed E-state index contributed by atoms with van der Waals surface area (Å²) >= 11 is 2.94. The molecule has 0 bridgehead atoms. The second-order valence-corrected chi connectivity index (χ2v) is 12.3. The van der Waals surface area contributed by atoms with Crippen molar-refractivity contribution in [2.45, 2.75) is 31.3 Å². The molecule has 2 saturated heterocycles. The van der Waals surface area contributed by atoms with Gasteiger partial charge in [-0.25, -0.2) is 9.78 Å². The van der Waals surface area contributed by atoms with Gasteiger partial charge in [0.15, 0.2) is 0 Å². The minimum absolute atomic E-state index is 0.0154. The third-order valence-electron chi connectivity index (χ3n) is 7.20. The van der Waals surface area contributed by atoms with Crippen LogP contribution in [0.25, 0.3) is 10.4 Å². The number of amides is 4. The van der Waals surface area contributed by atoms with Crippen molar-refractivity contribution in [3.63, 3.8) is 0 Å². The molecule has 1 atom stereocenters. The summed E-state index contributed by atoms with van der Waals surface area (Å²) in [6.45, 7) is 2.57. The Kier molecular flexibility index (Phi) is 8.08. The van der Waals surface area contributed by atoms with Crippen LogP contribution in [-0.4, -0.2) is 53.4 Å². The van der Waals surface area contributed by atoms with E-state index in [1.54, 1.807) is 23.5 Å². The molecule has 0 saturated carbocycles. The molecule has 0 aliphatic carbocycles. The van der Waals surface area contributed by atoms with Crippen LogP contribution in [-0.2, 0) is 11.3 Å². The topological polar surface area (TPSA) is 115 Å². The van der Waals surface area contributed by atoms with Gasteiger partial charge in [-0.1, -0.05) is 42.5 Å². The van der Waals surface area contributed by atoms with Crippen LogP contribution in [0.3, 0.4) is 0 Å². The highest BCUT2D eigenvalue weighted by molar-refractivity contribution is 7.18. The number of thiazole rings is 1. The number of rotatable bonds is 8. The molecule has 2 aliphatic rings. The Morgan fingerprint density at radius 1 is 0.951 bits per heavy atom. The highest BCUT2D eigenvalue weighted by Crippen LogP contribution is 2.36. The van der Waals surface area contributed by atoms with E-state index in [1.807, 2.05) is 65.7 Å². The third-order valence-corrected chi connectivity index (χ3v) is 9.40. The van der Waals surface area contributed by atoms with Crippen molar-refractivity contribution in [2.24, 2.45) is 0 Å². The first-order valence-electron chi connectivity index (χ1n) is 13.6. The standard InChI is InChI=1S/C30H30N6O3S2/c37-27(23-7-4-14-31-23)35-26-13-12-24(40-26)29(38)36-17-21(18-36)28-32-16-25(41-28)20-8-10-22(11-9-20)34-30(39)33-15-19-5-2-1-3-6-19/h1-3,5-6,8-13,16,21,23,31H,4,7,14-15,17-18H2,(H,35,37)(H2,33,34,39)/t23-/m0/s1. The van der Waals surface area contributed by atoms with Crippen molar-refractivity contribution in [1.29, 1.82) is 0 Å². The van der Waals surface area contributed by atoms with Gasteiger partial charge < -0.3 is 26.2 Å². The average molecular weight is 587 g/mol. The van der Waals surface area contributed by atoms with Crippen molar-refractivity contribution >= 4 is 51.2 Å². The fraction of sp³-hybridized carbons (Fsp3) is 0.267. The molecule has 2 aromatic carbocycles. The lowest BCUT2D eigenvalue weighted by Crippen LogP contribution is -2.48. The number of anilines is 2. The number of carbonyl (C=O) groups excluding carboxylic acids is 3. The summed E-state index contributed by atoms with van der Waals surface area (Å²) in [7, 11) is 0.